The second kappa shape index (κ2) is 6.33. The van der Waals surface area contributed by atoms with Gasteiger partial charge < -0.3 is 10.1 Å². The molecule has 4 rings (SSSR count). The third kappa shape index (κ3) is 2.81. The van der Waals surface area contributed by atoms with Gasteiger partial charge in [0.2, 0.25) is 5.88 Å². The molecule has 0 unspecified atom stereocenters. The zero-order valence-electron chi connectivity index (χ0n) is 12.6. The molecule has 1 N–H and O–H groups in total. The Balaban J connectivity index is 1.51. The molecule has 0 aliphatic heterocycles. The summed E-state index contributed by atoms with van der Waals surface area (Å²) in [6, 6.07) is 3.38. The largest absolute Gasteiger partial charge is 0.467 e. The van der Waals surface area contributed by atoms with E-state index in [4.69, 9.17) is 16.3 Å². The zero-order chi connectivity index (χ0) is 16.5. The van der Waals surface area contributed by atoms with Crippen LogP contribution < -0.4 is 10.1 Å². The standard InChI is InChI=1S/C16H13ClN4O2S/c17-14-10(4-2-6-18-14)21-12(22)7-23-15-13-9-3-1-5-11(9)24-16(13)20-8-19-15/h2,4,6,8H,1,3,5,7H2,(H,21,22). The first-order chi connectivity index (χ1) is 11.7. The van der Waals surface area contributed by atoms with Gasteiger partial charge in [-0.2, -0.15) is 0 Å². The SMILES string of the molecule is O=C(COc1ncnc2sc3c(c12)CCC3)Nc1cccnc1Cl. The number of pyridine rings is 1. The molecular formula is C16H13ClN4O2S. The highest BCUT2D eigenvalue weighted by Crippen LogP contribution is 2.39. The van der Waals surface area contributed by atoms with Gasteiger partial charge >= 0.3 is 0 Å². The Bertz CT molecular complexity index is 928. The molecule has 1 aliphatic rings. The van der Waals surface area contributed by atoms with Crippen LogP contribution >= 0.6 is 22.9 Å². The van der Waals surface area contributed by atoms with E-state index in [1.54, 1.807) is 29.7 Å². The minimum Gasteiger partial charge on any atom is -0.467 e. The third-order valence-corrected chi connectivity index (χ3v) is 5.34. The van der Waals surface area contributed by atoms with E-state index in [2.05, 4.69) is 20.3 Å². The second-order valence-electron chi connectivity index (χ2n) is 5.39. The van der Waals surface area contributed by atoms with E-state index in [0.29, 0.717) is 11.6 Å². The molecule has 8 heteroatoms. The average molecular weight is 361 g/mol. The molecule has 0 saturated heterocycles. The normalized spacial score (nSPS) is 13.0. The zero-order valence-corrected chi connectivity index (χ0v) is 14.2. The van der Waals surface area contributed by atoms with Gasteiger partial charge in [-0.3, -0.25) is 4.79 Å². The predicted molar refractivity (Wildman–Crippen MR) is 92.8 cm³/mol. The maximum absolute atomic E-state index is 12.1. The monoisotopic (exact) mass is 360 g/mol. The highest BCUT2D eigenvalue weighted by Gasteiger charge is 2.22. The van der Waals surface area contributed by atoms with E-state index in [1.807, 2.05) is 0 Å². The van der Waals surface area contributed by atoms with Crippen LogP contribution in [0, 0.1) is 0 Å². The molecule has 3 heterocycles. The number of hydrogen-bond donors (Lipinski definition) is 1. The van der Waals surface area contributed by atoms with Gasteiger partial charge in [0.25, 0.3) is 5.91 Å². The van der Waals surface area contributed by atoms with Crippen molar-refractivity contribution in [3.05, 3.63) is 40.3 Å². The number of carbonyl (C=O) groups is 1. The van der Waals surface area contributed by atoms with E-state index < -0.39 is 0 Å². The minimum atomic E-state index is -0.316. The van der Waals surface area contributed by atoms with Gasteiger partial charge in [0.1, 0.15) is 11.2 Å². The highest BCUT2D eigenvalue weighted by molar-refractivity contribution is 7.18. The first kappa shape index (κ1) is 15.3. The Morgan fingerprint density at radius 1 is 1.33 bits per heavy atom. The minimum absolute atomic E-state index is 0.151. The summed E-state index contributed by atoms with van der Waals surface area (Å²) in [6.45, 7) is -0.151. The molecule has 1 amide bonds. The third-order valence-electron chi connectivity index (χ3n) is 3.84. The average Bonchev–Trinajstić information content (AvgIpc) is 3.16. The van der Waals surface area contributed by atoms with Crippen molar-refractivity contribution in [2.24, 2.45) is 0 Å². The van der Waals surface area contributed by atoms with Crippen molar-refractivity contribution in [3.63, 3.8) is 0 Å². The van der Waals surface area contributed by atoms with E-state index in [1.165, 1.54) is 16.8 Å². The van der Waals surface area contributed by atoms with Crippen molar-refractivity contribution in [1.29, 1.82) is 0 Å². The molecule has 0 bridgehead atoms. The van der Waals surface area contributed by atoms with Crippen molar-refractivity contribution in [1.82, 2.24) is 15.0 Å². The van der Waals surface area contributed by atoms with Crippen molar-refractivity contribution in [2.75, 3.05) is 11.9 Å². The topological polar surface area (TPSA) is 77.0 Å². The Kier molecular flexibility index (Phi) is 4.03. The quantitative estimate of drug-likeness (QED) is 0.723. The number of ether oxygens (including phenoxy) is 1. The molecule has 24 heavy (non-hydrogen) atoms. The molecule has 6 nitrogen and oxygen atoms in total. The molecule has 1 aliphatic carbocycles. The van der Waals surface area contributed by atoms with Gasteiger partial charge in [-0.15, -0.1) is 11.3 Å². The molecule has 0 fully saturated rings. The summed E-state index contributed by atoms with van der Waals surface area (Å²) in [7, 11) is 0. The maximum Gasteiger partial charge on any atom is 0.262 e. The molecule has 0 aromatic carbocycles. The Labute approximate surface area is 146 Å². The van der Waals surface area contributed by atoms with Gasteiger partial charge in [-0.1, -0.05) is 11.6 Å². The molecule has 0 radical (unpaired) electrons. The predicted octanol–water partition coefficient (Wildman–Crippen LogP) is 3.25. The maximum atomic E-state index is 12.1. The lowest BCUT2D eigenvalue weighted by atomic mass is 10.2. The Morgan fingerprint density at radius 3 is 3.12 bits per heavy atom. The summed E-state index contributed by atoms with van der Waals surface area (Å²) in [5.41, 5.74) is 1.72. The molecule has 122 valence electrons. The van der Waals surface area contributed by atoms with Crippen molar-refractivity contribution >= 4 is 44.7 Å². The smallest absolute Gasteiger partial charge is 0.262 e. The van der Waals surface area contributed by atoms with Gasteiger partial charge in [0, 0.05) is 11.1 Å². The van der Waals surface area contributed by atoms with Gasteiger partial charge in [-0.05, 0) is 37.0 Å². The second-order valence-corrected chi connectivity index (χ2v) is 6.84. The number of halogens is 1. The first-order valence-electron chi connectivity index (χ1n) is 7.51. The summed E-state index contributed by atoms with van der Waals surface area (Å²) in [6.07, 6.45) is 6.26. The molecule has 0 atom stereocenters. The van der Waals surface area contributed by atoms with Crippen LogP contribution in [0.4, 0.5) is 5.69 Å². The molecule has 0 saturated carbocycles. The lowest BCUT2D eigenvalue weighted by Crippen LogP contribution is -2.21. The van der Waals surface area contributed by atoms with Gasteiger partial charge in [0.15, 0.2) is 11.8 Å². The lowest BCUT2D eigenvalue weighted by Gasteiger charge is -2.08. The summed E-state index contributed by atoms with van der Waals surface area (Å²) >= 11 is 7.61. The number of aryl methyl sites for hydroxylation is 2. The van der Waals surface area contributed by atoms with Crippen LogP contribution in [0.3, 0.4) is 0 Å². The number of carbonyl (C=O) groups excluding carboxylic acids is 1. The summed E-state index contributed by atoms with van der Waals surface area (Å²) in [5, 5.41) is 3.86. The van der Waals surface area contributed by atoms with Crippen LogP contribution in [-0.2, 0) is 17.6 Å². The van der Waals surface area contributed by atoms with Crippen LogP contribution in [0.1, 0.15) is 16.9 Å². The molecule has 3 aromatic rings. The Hall–Kier alpha value is -2.25. The fourth-order valence-electron chi connectivity index (χ4n) is 2.81. The van der Waals surface area contributed by atoms with Crippen LogP contribution in [-0.4, -0.2) is 27.5 Å². The number of thiophene rings is 1. The number of nitrogens with zero attached hydrogens (tertiary/aromatic N) is 3. The van der Waals surface area contributed by atoms with E-state index in [9.17, 15) is 4.79 Å². The van der Waals surface area contributed by atoms with Crippen LogP contribution in [0.25, 0.3) is 10.2 Å². The van der Waals surface area contributed by atoms with Crippen molar-refractivity contribution in [2.45, 2.75) is 19.3 Å². The molecule has 0 spiro atoms. The van der Waals surface area contributed by atoms with Crippen molar-refractivity contribution < 1.29 is 9.53 Å². The van der Waals surface area contributed by atoms with Crippen LogP contribution in [0.15, 0.2) is 24.7 Å². The number of anilines is 1. The number of aromatic nitrogens is 3. The fourth-order valence-corrected chi connectivity index (χ4v) is 4.19. The fraction of sp³-hybridized carbons (Fsp3) is 0.250. The Morgan fingerprint density at radius 2 is 2.25 bits per heavy atom. The van der Waals surface area contributed by atoms with E-state index in [-0.39, 0.29) is 17.7 Å². The number of amides is 1. The highest BCUT2D eigenvalue weighted by atomic mass is 35.5. The van der Waals surface area contributed by atoms with Gasteiger partial charge in [-0.25, -0.2) is 15.0 Å². The van der Waals surface area contributed by atoms with Gasteiger partial charge in [0.05, 0.1) is 11.1 Å². The molecular weight excluding hydrogens is 348 g/mol. The number of nitrogens with one attached hydrogen (secondary N) is 1. The summed E-state index contributed by atoms with van der Waals surface area (Å²) < 4.78 is 5.66. The van der Waals surface area contributed by atoms with Crippen molar-refractivity contribution in [3.8, 4) is 5.88 Å². The lowest BCUT2D eigenvalue weighted by molar-refractivity contribution is -0.118. The summed E-state index contributed by atoms with van der Waals surface area (Å²) in [4.78, 5) is 26.8. The van der Waals surface area contributed by atoms with E-state index >= 15 is 0 Å². The molecule has 3 aromatic heterocycles. The first-order valence-corrected chi connectivity index (χ1v) is 8.70. The van der Waals surface area contributed by atoms with E-state index in [0.717, 1.165) is 29.5 Å². The van der Waals surface area contributed by atoms with Crippen LogP contribution in [0.5, 0.6) is 5.88 Å². The number of fused-ring (bicyclic) bond motifs is 3. The number of rotatable bonds is 4. The van der Waals surface area contributed by atoms with Crippen LogP contribution in [0.2, 0.25) is 5.15 Å². The summed E-state index contributed by atoms with van der Waals surface area (Å²) in [5.74, 6) is 0.148. The number of hydrogen-bond acceptors (Lipinski definition) is 6.